The molecular formula is C24H35N3O. The molecule has 0 bridgehead atoms. The molecule has 1 aromatic carbocycles. The molecule has 2 saturated heterocycles. The maximum Gasteiger partial charge on any atom is 0.317 e. The quantitative estimate of drug-likeness (QED) is 0.803. The van der Waals surface area contributed by atoms with Crippen molar-refractivity contribution in [3.8, 4) is 0 Å². The van der Waals surface area contributed by atoms with Gasteiger partial charge in [0.15, 0.2) is 0 Å². The topological polar surface area (TPSA) is 35.6 Å². The Balaban J connectivity index is 1.38. The number of amides is 2. The molecule has 1 aliphatic carbocycles. The Morgan fingerprint density at radius 3 is 2.68 bits per heavy atom. The molecule has 1 N–H and O–H groups in total. The maximum absolute atomic E-state index is 12.4. The number of rotatable bonds is 6. The summed E-state index contributed by atoms with van der Waals surface area (Å²) in [7, 11) is 0. The number of carbonyl (C=O) groups excluding carboxylic acids is 1. The Morgan fingerprint density at radius 2 is 1.93 bits per heavy atom. The van der Waals surface area contributed by atoms with Crippen LogP contribution in [0.25, 0.3) is 5.57 Å². The predicted octanol–water partition coefficient (Wildman–Crippen LogP) is 4.17. The van der Waals surface area contributed by atoms with Gasteiger partial charge in [0, 0.05) is 32.1 Å². The fourth-order valence-corrected chi connectivity index (χ4v) is 5.12. The second kappa shape index (κ2) is 9.13. The predicted molar refractivity (Wildman–Crippen MR) is 115 cm³/mol. The van der Waals surface area contributed by atoms with Crippen molar-refractivity contribution in [3.63, 3.8) is 0 Å². The molecule has 4 heteroatoms. The number of nitrogens with one attached hydrogen (secondary N) is 1. The lowest BCUT2D eigenvalue weighted by molar-refractivity contribution is 0.206. The van der Waals surface area contributed by atoms with Gasteiger partial charge in [-0.15, -0.1) is 0 Å². The number of hydrogen-bond acceptors (Lipinski definition) is 2. The van der Waals surface area contributed by atoms with Crippen molar-refractivity contribution in [2.45, 2.75) is 45.4 Å². The molecule has 4 nitrogen and oxygen atoms in total. The average Bonchev–Trinajstić information content (AvgIpc) is 3.40. The van der Waals surface area contributed by atoms with Crippen LogP contribution < -0.4 is 5.32 Å². The summed E-state index contributed by atoms with van der Waals surface area (Å²) < 4.78 is 0. The van der Waals surface area contributed by atoms with Crippen LogP contribution >= 0.6 is 0 Å². The maximum atomic E-state index is 12.4. The van der Waals surface area contributed by atoms with E-state index in [9.17, 15) is 4.79 Å². The van der Waals surface area contributed by atoms with Gasteiger partial charge in [-0.25, -0.2) is 4.79 Å². The normalized spacial score (nSPS) is 24.9. The first-order valence-corrected chi connectivity index (χ1v) is 11.3. The zero-order chi connectivity index (χ0) is 19.3. The van der Waals surface area contributed by atoms with Crippen molar-refractivity contribution in [2.24, 2.45) is 11.8 Å². The molecule has 0 saturated carbocycles. The SMILES string of the molecule is CCCNC(=O)N1CC2CCC=C(c3ccc(CCN4CCCC4)cc3)C2C1. The molecule has 2 fully saturated rings. The van der Waals surface area contributed by atoms with Crippen molar-refractivity contribution in [3.05, 3.63) is 41.5 Å². The van der Waals surface area contributed by atoms with Crippen molar-refractivity contribution in [1.82, 2.24) is 15.1 Å². The smallest absolute Gasteiger partial charge is 0.317 e. The molecule has 0 aromatic heterocycles. The molecule has 152 valence electrons. The van der Waals surface area contributed by atoms with Gasteiger partial charge in [0.2, 0.25) is 0 Å². The van der Waals surface area contributed by atoms with E-state index in [1.807, 2.05) is 4.90 Å². The van der Waals surface area contributed by atoms with Gasteiger partial charge in [-0.3, -0.25) is 0 Å². The Kier molecular flexibility index (Phi) is 6.36. The van der Waals surface area contributed by atoms with Crippen LogP contribution in [0.2, 0.25) is 0 Å². The van der Waals surface area contributed by atoms with Gasteiger partial charge < -0.3 is 15.1 Å². The summed E-state index contributed by atoms with van der Waals surface area (Å²) in [6.45, 7) is 8.38. The van der Waals surface area contributed by atoms with E-state index in [0.29, 0.717) is 11.8 Å². The Hall–Kier alpha value is -1.81. The second-order valence-electron chi connectivity index (χ2n) is 8.74. The first-order chi connectivity index (χ1) is 13.7. The highest BCUT2D eigenvalue weighted by Gasteiger charge is 2.38. The minimum Gasteiger partial charge on any atom is -0.338 e. The van der Waals surface area contributed by atoms with Crippen LogP contribution in [-0.2, 0) is 6.42 Å². The summed E-state index contributed by atoms with van der Waals surface area (Å²) in [5, 5.41) is 3.05. The number of benzene rings is 1. The molecule has 0 spiro atoms. The lowest BCUT2D eigenvalue weighted by Crippen LogP contribution is -2.39. The largest absolute Gasteiger partial charge is 0.338 e. The summed E-state index contributed by atoms with van der Waals surface area (Å²) in [6.07, 6.45) is 9.63. The van der Waals surface area contributed by atoms with E-state index < -0.39 is 0 Å². The lowest BCUT2D eigenvalue weighted by Gasteiger charge is -2.26. The van der Waals surface area contributed by atoms with E-state index in [2.05, 4.69) is 47.5 Å². The minimum atomic E-state index is 0.118. The van der Waals surface area contributed by atoms with E-state index in [1.54, 1.807) is 0 Å². The van der Waals surface area contributed by atoms with Gasteiger partial charge in [-0.1, -0.05) is 37.3 Å². The lowest BCUT2D eigenvalue weighted by atomic mass is 9.78. The van der Waals surface area contributed by atoms with Gasteiger partial charge in [-0.2, -0.15) is 0 Å². The zero-order valence-corrected chi connectivity index (χ0v) is 17.3. The molecule has 2 heterocycles. The molecule has 2 aliphatic heterocycles. The monoisotopic (exact) mass is 381 g/mol. The van der Waals surface area contributed by atoms with Crippen molar-refractivity contribution >= 4 is 11.6 Å². The molecular weight excluding hydrogens is 346 g/mol. The van der Waals surface area contributed by atoms with Gasteiger partial charge >= 0.3 is 6.03 Å². The fourth-order valence-electron chi connectivity index (χ4n) is 5.12. The first-order valence-electron chi connectivity index (χ1n) is 11.3. The van der Waals surface area contributed by atoms with E-state index in [1.165, 1.54) is 55.6 Å². The van der Waals surface area contributed by atoms with Crippen LogP contribution in [0.3, 0.4) is 0 Å². The molecule has 3 aliphatic rings. The molecule has 2 atom stereocenters. The summed E-state index contributed by atoms with van der Waals surface area (Å²) in [5.74, 6) is 1.11. The Morgan fingerprint density at radius 1 is 1.14 bits per heavy atom. The summed E-state index contributed by atoms with van der Waals surface area (Å²) >= 11 is 0. The standard InChI is InChI=1S/C24H35N3O/c1-2-13-25-24(28)27-17-21-6-5-7-22(23(21)18-27)20-10-8-19(9-11-20)12-16-26-14-3-4-15-26/h7-11,21,23H,2-6,12-18H2,1H3,(H,25,28). The summed E-state index contributed by atoms with van der Waals surface area (Å²) in [6, 6.07) is 9.38. The molecule has 2 amide bonds. The number of hydrogen-bond donors (Lipinski definition) is 1. The van der Waals surface area contributed by atoms with Gasteiger partial charge in [-0.05, 0) is 74.2 Å². The van der Waals surface area contributed by atoms with E-state index >= 15 is 0 Å². The molecule has 1 aromatic rings. The van der Waals surface area contributed by atoms with Crippen LogP contribution in [0, 0.1) is 11.8 Å². The number of likely N-dealkylation sites (tertiary alicyclic amines) is 2. The first kappa shape index (κ1) is 19.5. The second-order valence-corrected chi connectivity index (χ2v) is 8.74. The van der Waals surface area contributed by atoms with Crippen molar-refractivity contribution < 1.29 is 4.79 Å². The van der Waals surface area contributed by atoms with Crippen LogP contribution in [0.4, 0.5) is 4.79 Å². The molecule has 0 radical (unpaired) electrons. The Bertz CT molecular complexity index is 690. The van der Waals surface area contributed by atoms with E-state index in [4.69, 9.17) is 0 Å². The summed E-state index contributed by atoms with van der Waals surface area (Å²) in [4.78, 5) is 17.0. The fraction of sp³-hybridized carbons (Fsp3) is 0.625. The van der Waals surface area contributed by atoms with Gasteiger partial charge in [0.05, 0.1) is 0 Å². The highest BCUT2D eigenvalue weighted by molar-refractivity contribution is 5.76. The molecule has 28 heavy (non-hydrogen) atoms. The minimum absolute atomic E-state index is 0.118. The Labute approximate surface area is 170 Å². The number of allylic oxidation sites excluding steroid dienone is 1. The van der Waals surface area contributed by atoms with Gasteiger partial charge in [0.1, 0.15) is 0 Å². The van der Waals surface area contributed by atoms with E-state index in [-0.39, 0.29) is 6.03 Å². The highest BCUT2D eigenvalue weighted by atomic mass is 16.2. The average molecular weight is 382 g/mol. The zero-order valence-electron chi connectivity index (χ0n) is 17.3. The number of urea groups is 1. The van der Waals surface area contributed by atoms with Crippen molar-refractivity contribution in [1.29, 1.82) is 0 Å². The third-order valence-electron chi connectivity index (χ3n) is 6.76. The van der Waals surface area contributed by atoms with Crippen LogP contribution in [0.15, 0.2) is 30.3 Å². The van der Waals surface area contributed by atoms with Crippen LogP contribution in [0.1, 0.15) is 50.2 Å². The van der Waals surface area contributed by atoms with Crippen LogP contribution in [-0.4, -0.2) is 55.1 Å². The summed E-state index contributed by atoms with van der Waals surface area (Å²) in [5.41, 5.74) is 4.26. The molecule has 2 unspecified atom stereocenters. The van der Waals surface area contributed by atoms with Gasteiger partial charge in [0.25, 0.3) is 0 Å². The van der Waals surface area contributed by atoms with Crippen LogP contribution in [0.5, 0.6) is 0 Å². The number of carbonyl (C=O) groups is 1. The number of nitrogens with zero attached hydrogens (tertiary/aromatic N) is 2. The molecule has 4 rings (SSSR count). The third kappa shape index (κ3) is 4.43. The number of fused-ring (bicyclic) bond motifs is 1. The van der Waals surface area contributed by atoms with E-state index in [0.717, 1.165) is 38.9 Å². The third-order valence-corrected chi connectivity index (χ3v) is 6.76. The highest BCUT2D eigenvalue weighted by Crippen LogP contribution is 2.41. The van der Waals surface area contributed by atoms with Crippen molar-refractivity contribution in [2.75, 3.05) is 39.3 Å².